The summed E-state index contributed by atoms with van der Waals surface area (Å²) < 4.78 is 0. The second kappa shape index (κ2) is 5.48. The standard InChI is InChI=1S/C16H21N3O2/c1-18(2)6-3-5-17-16(21)13-8-11-4-7-19-14(20)10-12(9-13)15(11)19/h8-9H,3-7,10H2,1-2H3,(H,17,21). The Hall–Kier alpha value is -1.88. The number of nitrogens with one attached hydrogen (secondary N) is 1. The van der Waals surface area contributed by atoms with Crippen LogP contribution in [0, 0.1) is 0 Å². The third-order valence-corrected chi connectivity index (χ3v) is 4.12. The van der Waals surface area contributed by atoms with Crippen molar-refractivity contribution < 1.29 is 9.59 Å². The summed E-state index contributed by atoms with van der Waals surface area (Å²) in [7, 11) is 4.04. The van der Waals surface area contributed by atoms with Gasteiger partial charge in [-0.25, -0.2) is 0 Å². The van der Waals surface area contributed by atoms with Crippen LogP contribution in [0.1, 0.15) is 27.9 Å². The molecule has 0 aliphatic carbocycles. The molecule has 3 rings (SSSR count). The first-order valence-corrected chi connectivity index (χ1v) is 7.45. The number of carbonyl (C=O) groups is 2. The van der Waals surface area contributed by atoms with Crippen LogP contribution >= 0.6 is 0 Å². The second-order valence-corrected chi connectivity index (χ2v) is 6.03. The lowest BCUT2D eigenvalue weighted by molar-refractivity contribution is -0.117. The molecule has 0 fully saturated rings. The van der Waals surface area contributed by atoms with E-state index in [1.165, 1.54) is 0 Å². The number of anilines is 1. The molecule has 0 aromatic heterocycles. The van der Waals surface area contributed by atoms with Crippen molar-refractivity contribution in [3.05, 3.63) is 28.8 Å². The van der Waals surface area contributed by atoms with Crippen molar-refractivity contribution in [3.63, 3.8) is 0 Å². The fraction of sp³-hybridized carbons (Fsp3) is 0.500. The Morgan fingerprint density at radius 2 is 2.10 bits per heavy atom. The molecule has 0 saturated carbocycles. The lowest BCUT2D eigenvalue weighted by Gasteiger charge is -2.11. The molecular formula is C16H21N3O2. The minimum Gasteiger partial charge on any atom is -0.352 e. The molecule has 2 amide bonds. The van der Waals surface area contributed by atoms with Crippen molar-refractivity contribution in [2.24, 2.45) is 0 Å². The molecule has 1 N–H and O–H groups in total. The maximum Gasteiger partial charge on any atom is 0.251 e. The SMILES string of the molecule is CN(C)CCCNC(=O)c1cc2c3c(c1)CC(=O)N3CC2. The van der Waals surface area contributed by atoms with Gasteiger partial charge in [-0.05, 0) is 56.7 Å². The van der Waals surface area contributed by atoms with Gasteiger partial charge in [0.1, 0.15) is 0 Å². The van der Waals surface area contributed by atoms with E-state index in [1.807, 2.05) is 31.1 Å². The third-order valence-electron chi connectivity index (χ3n) is 4.12. The van der Waals surface area contributed by atoms with Crippen LogP contribution in [0.3, 0.4) is 0 Å². The average molecular weight is 287 g/mol. The minimum atomic E-state index is -0.0365. The van der Waals surface area contributed by atoms with E-state index >= 15 is 0 Å². The second-order valence-electron chi connectivity index (χ2n) is 6.03. The lowest BCUT2D eigenvalue weighted by Crippen LogP contribution is -2.27. The Bertz CT molecular complexity index is 595. The molecule has 1 aromatic rings. The molecule has 5 nitrogen and oxygen atoms in total. The van der Waals surface area contributed by atoms with Crippen LogP contribution in [-0.4, -0.2) is 50.4 Å². The topological polar surface area (TPSA) is 52.7 Å². The van der Waals surface area contributed by atoms with Gasteiger partial charge in [-0.1, -0.05) is 0 Å². The summed E-state index contributed by atoms with van der Waals surface area (Å²) in [6.07, 6.45) is 2.22. The van der Waals surface area contributed by atoms with Crippen LogP contribution in [0.15, 0.2) is 12.1 Å². The van der Waals surface area contributed by atoms with Gasteiger partial charge in [0.25, 0.3) is 5.91 Å². The van der Waals surface area contributed by atoms with E-state index < -0.39 is 0 Å². The normalized spacial score (nSPS) is 15.8. The highest BCUT2D eigenvalue weighted by molar-refractivity contribution is 6.05. The quantitative estimate of drug-likeness (QED) is 0.816. The predicted octanol–water partition coefficient (Wildman–Crippen LogP) is 0.813. The van der Waals surface area contributed by atoms with Gasteiger partial charge in [0.15, 0.2) is 0 Å². The van der Waals surface area contributed by atoms with E-state index in [0.29, 0.717) is 18.5 Å². The van der Waals surface area contributed by atoms with Gasteiger partial charge < -0.3 is 15.1 Å². The Labute approximate surface area is 124 Å². The number of amides is 2. The average Bonchev–Trinajstić information content (AvgIpc) is 3.00. The number of carbonyl (C=O) groups excluding carboxylic acids is 2. The monoisotopic (exact) mass is 287 g/mol. The molecule has 5 heteroatoms. The van der Waals surface area contributed by atoms with Gasteiger partial charge in [-0.2, -0.15) is 0 Å². The molecule has 0 spiro atoms. The minimum absolute atomic E-state index is 0.0365. The molecular weight excluding hydrogens is 266 g/mol. The smallest absolute Gasteiger partial charge is 0.251 e. The van der Waals surface area contributed by atoms with Crippen molar-refractivity contribution in [1.29, 1.82) is 0 Å². The van der Waals surface area contributed by atoms with Gasteiger partial charge in [0.05, 0.1) is 12.1 Å². The Kier molecular flexibility index (Phi) is 3.68. The first-order valence-electron chi connectivity index (χ1n) is 7.45. The Morgan fingerprint density at radius 1 is 1.33 bits per heavy atom. The van der Waals surface area contributed by atoms with E-state index in [-0.39, 0.29) is 11.8 Å². The highest BCUT2D eigenvalue weighted by atomic mass is 16.2. The van der Waals surface area contributed by atoms with E-state index in [9.17, 15) is 9.59 Å². The summed E-state index contributed by atoms with van der Waals surface area (Å²) in [6.45, 7) is 2.39. The zero-order valence-electron chi connectivity index (χ0n) is 12.6. The summed E-state index contributed by atoms with van der Waals surface area (Å²) in [5, 5.41) is 2.96. The number of nitrogens with zero attached hydrogens (tertiary/aromatic N) is 2. The van der Waals surface area contributed by atoms with E-state index in [1.54, 1.807) is 0 Å². The lowest BCUT2D eigenvalue weighted by atomic mass is 10.0. The highest BCUT2D eigenvalue weighted by Crippen LogP contribution is 2.38. The molecule has 2 heterocycles. The van der Waals surface area contributed by atoms with Crippen molar-refractivity contribution >= 4 is 17.5 Å². The molecule has 112 valence electrons. The summed E-state index contributed by atoms with van der Waals surface area (Å²) >= 11 is 0. The number of benzene rings is 1. The molecule has 2 aliphatic heterocycles. The number of hydrogen-bond acceptors (Lipinski definition) is 3. The maximum atomic E-state index is 12.2. The first kappa shape index (κ1) is 14.1. The molecule has 21 heavy (non-hydrogen) atoms. The molecule has 0 radical (unpaired) electrons. The molecule has 0 unspecified atom stereocenters. The number of rotatable bonds is 5. The fourth-order valence-corrected chi connectivity index (χ4v) is 3.11. The highest BCUT2D eigenvalue weighted by Gasteiger charge is 2.34. The van der Waals surface area contributed by atoms with Gasteiger partial charge in [-0.3, -0.25) is 9.59 Å². The molecule has 0 atom stereocenters. The third kappa shape index (κ3) is 2.65. The van der Waals surface area contributed by atoms with Gasteiger partial charge in [0.2, 0.25) is 5.91 Å². The molecule has 1 aromatic carbocycles. The molecule has 0 bridgehead atoms. The summed E-state index contributed by atoms with van der Waals surface area (Å²) in [5.41, 5.74) is 3.89. The van der Waals surface area contributed by atoms with Crippen LogP contribution in [0.25, 0.3) is 0 Å². The van der Waals surface area contributed by atoms with Crippen LogP contribution in [0.5, 0.6) is 0 Å². The van der Waals surface area contributed by atoms with Crippen LogP contribution in [0.2, 0.25) is 0 Å². The number of hydrogen-bond donors (Lipinski definition) is 1. The first-order chi connectivity index (χ1) is 10.1. The zero-order chi connectivity index (χ0) is 15.0. The van der Waals surface area contributed by atoms with Gasteiger partial charge in [0, 0.05) is 18.7 Å². The molecule has 2 aliphatic rings. The van der Waals surface area contributed by atoms with Crippen molar-refractivity contribution in [2.45, 2.75) is 19.3 Å². The summed E-state index contributed by atoms with van der Waals surface area (Å²) in [6, 6.07) is 3.82. The molecule has 0 saturated heterocycles. The maximum absolute atomic E-state index is 12.2. The van der Waals surface area contributed by atoms with E-state index in [0.717, 1.165) is 42.7 Å². The predicted molar refractivity (Wildman–Crippen MR) is 81.7 cm³/mol. The van der Waals surface area contributed by atoms with E-state index in [4.69, 9.17) is 0 Å². The Balaban J connectivity index is 1.69. The van der Waals surface area contributed by atoms with Crippen LogP contribution in [-0.2, 0) is 17.6 Å². The van der Waals surface area contributed by atoms with Gasteiger partial charge >= 0.3 is 0 Å². The van der Waals surface area contributed by atoms with E-state index in [2.05, 4.69) is 10.2 Å². The zero-order valence-corrected chi connectivity index (χ0v) is 12.6. The fourth-order valence-electron chi connectivity index (χ4n) is 3.11. The summed E-state index contributed by atoms with van der Waals surface area (Å²) in [4.78, 5) is 28.1. The van der Waals surface area contributed by atoms with Crippen LogP contribution < -0.4 is 10.2 Å². The van der Waals surface area contributed by atoms with Crippen molar-refractivity contribution in [1.82, 2.24) is 10.2 Å². The van der Waals surface area contributed by atoms with Crippen molar-refractivity contribution in [2.75, 3.05) is 38.6 Å². The largest absolute Gasteiger partial charge is 0.352 e. The summed E-state index contributed by atoms with van der Waals surface area (Å²) in [5.74, 6) is 0.123. The van der Waals surface area contributed by atoms with Gasteiger partial charge in [-0.15, -0.1) is 0 Å². The Morgan fingerprint density at radius 3 is 2.86 bits per heavy atom. The van der Waals surface area contributed by atoms with Crippen LogP contribution in [0.4, 0.5) is 5.69 Å². The van der Waals surface area contributed by atoms with Crippen molar-refractivity contribution in [3.8, 4) is 0 Å².